The number of benzene rings is 3. The number of carbonyl (C=O) groups excluding carboxylic acids is 4. The summed E-state index contributed by atoms with van der Waals surface area (Å²) in [4.78, 5) is 69.6. The number of rotatable bonds is 11. The van der Waals surface area contributed by atoms with Crippen molar-refractivity contribution in [2.45, 2.75) is 30.0 Å². The average molecular weight is 690 g/mol. The number of hydrogen-bond acceptors (Lipinski definition) is 11. The summed E-state index contributed by atoms with van der Waals surface area (Å²) >= 11 is 2.16. The molecule has 1 aromatic heterocycles. The van der Waals surface area contributed by atoms with Gasteiger partial charge in [0.2, 0.25) is 11.8 Å². The van der Waals surface area contributed by atoms with Crippen molar-refractivity contribution in [2.75, 3.05) is 37.1 Å². The van der Waals surface area contributed by atoms with Crippen LogP contribution >= 0.6 is 23.1 Å². The van der Waals surface area contributed by atoms with Crippen LogP contribution in [0, 0.1) is 5.92 Å². The van der Waals surface area contributed by atoms with Gasteiger partial charge in [0.25, 0.3) is 5.91 Å². The molecule has 0 aliphatic carbocycles. The molecule has 48 heavy (non-hydrogen) atoms. The van der Waals surface area contributed by atoms with Crippen LogP contribution in [0.15, 0.2) is 76.6 Å². The zero-order valence-electron chi connectivity index (χ0n) is 26.1. The Morgan fingerprint density at radius 1 is 0.896 bits per heavy atom. The van der Waals surface area contributed by atoms with E-state index in [1.165, 1.54) is 12.1 Å². The summed E-state index contributed by atoms with van der Waals surface area (Å²) in [5.74, 6) is -1.90. The van der Waals surface area contributed by atoms with E-state index < -0.39 is 34.9 Å². The van der Waals surface area contributed by atoms with Crippen molar-refractivity contribution in [3.63, 3.8) is 0 Å². The van der Waals surface area contributed by atoms with Gasteiger partial charge < -0.3 is 29.2 Å². The predicted octanol–water partition coefficient (Wildman–Crippen LogP) is 4.83. The Hall–Kier alpha value is -5.08. The maximum absolute atomic E-state index is 14.1. The summed E-state index contributed by atoms with van der Waals surface area (Å²) in [5, 5.41) is 2.49. The third-order valence-electron chi connectivity index (χ3n) is 7.82. The number of esters is 1. The Bertz CT molecular complexity index is 1920. The maximum atomic E-state index is 14.1. The SMILES string of the molecule is CCOC(=O)c1ccc(N2C(=O)C3Sc4[nH]c(=O)sc4[C@H](c4ccc(OCC(=O)Nc5ccc(OC)cc5)c(OCC)c4)C3C2=O)cc1. The molecule has 2 N–H and O–H groups in total. The summed E-state index contributed by atoms with van der Waals surface area (Å²) in [6, 6.07) is 18.1. The molecule has 3 aromatic carbocycles. The second-order valence-electron chi connectivity index (χ2n) is 10.7. The van der Waals surface area contributed by atoms with E-state index in [2.05, 4.69) is 10.3 Å². The van der Waals surface area contributed by atoms with Crippen molar-refractivity contribution in [1.29, 1.82) is 0 Å². The van der Waals surface area contributed by atoms with Crippen LogP contribution in [0.25, 0.3) is 0 Å². The molecule has 0 bridgehead atoms. The Morgan fingerprint density at radius 2 is 1.65 bits per heavy atom. The van der Waals surface area contributed by atoms with E-state index in [9.17, 15) is 24.0 Å². The fourth-order valence-corrected chi connectivity index (χ4v) is 8.23. The molecule has 6 rings (SSSR count). The lowest BCUT2D eigenvalue weighted by Gasteiger charge is -2.30. The number of thioether (sulfide) groups is 1. The van der Waals surface area contributed by atoms with Crippen LogP contribution < -0.4 is 29.3 Å². The number of anilines is 2. The van der Waals surface area contributed by atoms with Gasteiger partial charge in [-0.1, -0.05) is 29.2 Å². The molecular formula is C34H31N3O9S2. The van der Waals surface area contributed by atoms with Crippen LogP contribution in [0.4, 0.5) is 11.4 Å². The Labute approximate surface area is 283 Å². The van der Waals surface area contributed by atoms with Gasteiger partial charge in [-0.15, -0.1) is 0 Å². The summed E-state index contributed by atoms with van der Waals surface area (Å²) in [5.41, 5.74) is 1.85. The molecule has 14 heteroatoms. The van der Waals surface area contributed by atoms with Crippen LogP contribution in [-0.4, -0.2) is 60.9 Å². The van der Waals surface area contributed by atoms with E-state index in [-0.39, 0.29) is 24.0 Å². The van der Waals surface area contributed by atoms with E-state index in [0.29, 0.717) is 56.3 Å². The van der Waals surface area contributed by atoms with Crippen LogP contribution in [0.2, 0.25) is 0 Å². The number of nitrogens with zero attached hydrogens (tertiary/aromatic N) is 1. The second-order valence-corrected chi connectivity index (χ2v) is 12.9. The average Bonchev–Trinajstić information content (AvgIpc) is 3.58. The first-order chi connectivity index (χ1) is 23.2. The van der Waals surface area contributed by atoms with Crippen LogP contribution in [0.3, 0.4) is 0 Å². The molecule has 248 valence electrons. The van der Waals surface area contributed by atoms with Crippen LogP contribution in [-0.2, 0) is 19.1 Å². The van der Waals surface area contributed by atoms with E-state index in [4.69, 9.17) is 18.9 Å². The largest absolute Gasteiger partial charge is 0.497 e. The standard InChI is InChI=1S/C34H31N3O9S2/c1-4-44-24-16-19(8-15-23(24)46-17-25(38)35-20-9-13-22(43-3)14-10-20)26-27-29(47-30-28(26)48-34(42)36-30)32(40)37(31(27)39)21-11-6-18(7-12-21)33(41)45-5-2/h6-16,26-27,29H,4-5,17H2,1-3H3,(H,35,38)(H,36,42)/t26-,27?,29?/m1/s1. The zero-order chi connectivity index (χ0) is 33.9. The molecule has 2 unspecified atom stereocenters. The number of aromatic amines is 1. The minimum absolute atomic E-state index is 0.218. The van der Waals surface area contributed by atoms with Crippen molar-refractivity contribution in [3.8, 4) is 17.2 Å². The number of carbonyl (C=O) groups is 4. The maximum Gasteiger partial charge on any atom is 0.338 e. The van der Waals surface area contributed by atoms with E-state index in [0.717, 1.165) is 28.0 Å². The van der Waals surface area contributed by atoms with Gasteiger partial charge in [0.1, 0.15) is 11.0 Å². The lowest BCUT2D eigenvalue weighted by Crippen LogP contribution is -2.32. The van der Waals surface area contributed by atoms with Crippen molar-refractivity contribution >= 4 is 58.2 Å². The zero-order valence-corrected chi connectivity index (χ0v) is 27.8. The molecule has 0 spiro atoms. The number of ether oxygens (including phenoxy) is 4. The minimum Gasteiger partial charge on any atom is -0.497 e. The number of aromatic nitrogens is 1. The fraction of sp³-hybridized carbons (Fsp3) is 0.265. The molecule has 3 heterocycles. The van der Waals surface area contributed by atoms with Gasteiger partial charge in [-0.25, -0.2) is 9.69 Å². The number of H-pyrrole nitrogens is 1. The van der Waals surface area contributed by atoms with Gasteiger partial charge in [0.05, 0.1) is 42.5 Å². The summed E-state index contributed by atoms with van der Waals surface area (Å²) < 4.78 is 21.9. The highest BCUT2D eigenvalue weighted by Gasteiger charge is 2.56. The van der Waals surface area contributed by atoms with Crippen molar-refractivity contribution < 1.29 is 38.1 Å². The molecule has 0 saturated carbocycles. The number of imide groups is 1. The fourth-order valence-electron chi connectivity index (χ4n) is 5.71. The summed E-state index contributed by atoms with van der Waals surface area (Å²) in [6.45, 7) is 3.73. The van der Waals surface area contributed by atoms with Gasteiger partial charge in [-0.2, -0.15) is 0 Å². The first-order valence-corrected chi connectivity index (χ1v) is 16.8. The number of fused-ring (bicyclic) bond motifs is 2. The number of amides is 3. The normalized spacial score (nSPS) is 18.1. The van der Waals surface area contributed by atoms with Gasteiger partial charge in [-0.3, -0.25) is 19.2 Å². The van der Waals surface area contributed by atoms with Crippen molar-refractivity contribution in [1.82, 2.24) is 4.98 Å². The van der Waals surface area contributed by atoms with E-state index in [1.807, 2.05) is 0 Å². The highest BCUT2D eigenvalue weighted by atomic mass is 32.2. The topological polar surface area (TPSA) is 153 Å². The van der Waals surface area contributed by atoms with Gasteiger partial charge in [0, 0.05) is 16.5 Å². The Balaban J connectivity index is 1.27. The lowest BCUT2D eigenvalue weighted by atomic mass is 9.83. The molecule has 0 radical (unpaired) electrons. The quantitative estimate of drug-likeness (QED) is 0.165. The summed E-state index contributed by atoms with van der Waals surface area (Å²) in [7, 11) is 1.56. The summed E-state index contributed by atoms with van der Waals surface area (Å²) in [6.07, 6.45) is 0. The molecular weight excluding hydrogens is 659 g/mol. The first-order valence-electron chi connectivity index (χ1n) is 15.1. The predicted molar refractivity (Wildman–Crippen MR) is 180 cm³/mol. The third kappa shape index (κ3) is 6.40. The molecule has 3 amide bonds. The lowest BCUT2D eigenvalue weighted by molar-refractivity contribution is -0.122. The van der Waals surface area contributed by atoms with Crippen LogP contribution in [0.5, 0.6) is 17.2 Å². The van der Waals surface area contributed by atoms with Crippen LogP contribution in [0.1, 0.15) is 40.6 Å². The molecule has 12 nitrogen and oxygen atoms in total. The number of nitrogens with one attached hydrogen (secondary N) is 2. The Kier molecular flexibility index (Phi) is 9.55. The van der Waals surface area contributed by atoms with Gasteiger partial charge in [0.15, 0.2) is 18.1 Å². The van der Waals surface area contributed by atoms with Crippen molar-refractivity contribution in [3.05, 3.63) is 92.4 Å². The minimum atomic E-state index is -0.831. The monoisotopic (exact) mass is 689 g/mol. The highest BCUT2D eigenvalue weighted by molar-refractivity contribution is 8.00. The number of hydrogen-bond donors (Lipinski definition) is 2. The molecule has 1 saturated heterocycles. The number of methoxy groups -OCH3 is 1. The molecule has 2 aliphatic rings. The van der Waals surface area contributed by atoms with E-state index >= 15 is 0 Å². The smallest absolute Gasteiger partial charge is 0.338 e. The second kappa shape index (κ2) is 14.0. The molecule has 2 aliphatic heterocycles. The highest BCUT2D eigenvalue weighted by Crippen LogP contribution is 2.53. The third-order valence-corrected chi connectivity index (χ3v) is 10.2. The first kappa shape index (κ1) is 32.8. The van der Waals surface area contributed by atoms with E-state index in [1.54, 1.807) is 75.6 Å². The van der Waals surface area contributed by atoms with Gasteiger partial charge >= 0.3 is 10.8 Å². The molecule has 3 atom stereocenters. The molecule has 1 fully saturated rings. The molecule has 4 aromatic rings. The Morgan fingerprint density at radius 3 is 2.33 bits per heavy atom. The van der Waals surface area contributed by atoms with Crippen molar-refractivity contribution in [2.24, 2.45) is 5.92 Å². The van der Waals surface area contributed by atoms with Gasteiger partial charge in [-0.05, 0) is 80.1 Å². The number of thiazole rings is 1.